The number of benzene rings is 1. The molecule has 1 aromatic heterocycles. The van der Waals surface area contributed by atoms with Crippen molar-refractivity contribution in [3.05, 3.63) is 52.6 Å². The van der Waals surface area contributed by atoms with Crippen LogP contribution in [0.25, 0.3) is 0 Å². The van der Waals surface area contributed by atoms with Crippen molar-refractivity contribution in [1.82, 2.24) is 9.97 Å². The summed E-state index contributed by atoms with van der Waals surface area (Å²) in [6, 6.07) is 8.37. The smallest absolute Gasteiger partial charge is 0.346 e. The summed E-state index contributed by atoms with van der Waals surface area (Å²) in [6.45, 7) is 0. The molecule has 6 heteroatoms. The van der Waals surface area contributed by atoms with Gasteiger partial charge >= 0.3 is 5.69 Å². The molecule has 2 aromatic rings. The Kier molecular flexibility index (Phi) is 3.15. The van der Waals surface area contributed by atoms with Gasteiger partial charge in [0.15, 0.2) is 0 Å². The van der Waals surface area contributed by atoms with Crippen LogP contribution < -0.4 is 11.1 Å². The molecule has 2 rings (SSSR count). The molecule has 0 unspecified atom stereocenters. The number of rotatable bonds is 3. The van der Waals surface area contributed by atoms with Crippen LogP contribution in [-0.2, 0) is 0 Å². The summed E-state index contributed by atoms with van der Waals surface area (Å²) in [5, 5.41) is 13.3. The van der Waals surface area contributed by atoms with Gasteiger partial charge in [-0.1, -0.05) is 12.1 Å². The van der Waals surface area contributed by atoms with Crippen LogP contribution in [0, 0.1) is 0 Å². The van der Waals surface area contributed by atoms with E-state index in [9.17, 15) is 9.90 Å². The summed E-state index contributed by atoms with van der Waals surface area (Å²) in [6.07, 6.45) is 2.82. The second kappa shape index (κ2) is 4.93. The van der Waals surface area contributed by atoms with Crippen LogP contribution in [0.2, 0.25) is 0 Å². The van der Waals surface area contributed by atoms with Gasteiger partial charge in [-0.3, -0.25) is 10.4 Å². The van der Waals surface area contributed by atoms with Gasteiger partial charge in [0, 0.05) is 11.8 Å². The molecule has 0 aliphatic rings. The summed E-state index contributed by atoms with van der Waals surface area (Å²) in [5.41, 5.74) is 2.75. The number of aromatic amines is 1. The number of anilines is 1. The number of hydrazone groups is 1. The molecule has 0 atom stereocenters. The number of aromatic nitrogens is 2. The molecule has 1 aromatic carbocycles. The number of nitrogens with zero attached hydrogens (tertiary/aromatic N) is 2. The highest BCUT2D eigenvalue weighted by atomic mass is 16.3. The number of hydrogen-bond donors (Lipinski definition) is 3. The average molecular weight is 230 g/mol. The highest BCUT2D eigenvalue weighted by Crippen LogP contribution is 2.12. The fraction of sp³-hybridized carbons (Fsp3) is 0. The standard InChI is InChI=1S/C11H10N4O2/c16-9-4-2-1-3-8(9)7-13-15-10-5-6-12-11(17)14-10/h1-7,16H,(H2,12,14,15,17)/b13-7-. The maximum atomic E-state index is 10.9. The Morgan fingerprint density at radius 2 is 2.18 bits per heavy atom. The lowest BCUT2D eigenvalue weighted by Crippen LogP contribution is -2.10. The van der Waals surface area contributed by atoms with Crippen LogP contribution in [0.3, 0.4) is 0 Å². The molecule has 86 valence electrons. The Morgan fingerprint density at radius 1 is 1.35 bits per heavy atom. The summed E-state index contributed by atoms with van der Waals surface area (Å²) in [7, 11) is 0. The van der Waals surface area contributed by atoms with Crippen LogP contribution >= 0.6 is 0 Å². The van der Waals surface area contributed by atoms with E-state index in [1.165, 1.54) is 12.4 Å². The number of phenolic OH excluding ortho intramolecular Hbond substituents is 1. The Hall–Kier alpha value is -2.63. The second-order valence-corrected chi connectivity index (χ2v) is 3.22. The number of hydrogen-bond acceptors (Lipinski definition) is 5. The predicted octanol–water partition coefficient (Wildman–Crippen LogP) is 0.921. The first kappa shape index (κ1) is 10.9. The fourth-order valence-electron chi connectivity index (χ4n) is 1.20. The molecule has 0 bridgehead atoms. The third-order valence-corrected chi connectivity index (χ3v) is 2.00. The number of aromatic hydroxyl groups is 1. The van der Waals surface area contributed by atoms with Crippen molar-refractivity contribution in [3.63, 3.8) is 0 Å². The highest BCUT2D eigenvalue weighted by molar-refractivity contribution is 5.83. The maximum absolute atomic E-state index is 10.9. The monoisotopic (exact) mass is 230 g/mol. The minimum absolute atomic E-state index is 0.140. The first-order valence-corrected chi connectivity index (χ1v) is 4.88. The minimum Gasteiger partial charge on any atom is -0.507 e. The molecular weight excluding hydrogens is 220 g/mol. The summed E-state index contributed by atoms with van der Waals surface area (Å²) < 4.78 is 0. The van der Waals surface area contributed by atoms with Gasteiger partial charge in [0.25, 0.3) is 0 Å². The maximum Gasteiger partial charge on any atom is 0.346 e. The number of phenols is 1. The predicted molar refractivity (Wildman–Crippen MR) is 64.2 cm³/mol. The van der Waals surface area contributed by atoms with Gasteiger partial charge in [-0.25, -0.2) is 9.78 Å². The zero-order valence-corrected chi connectivity index (χ0v) is 8.79. The molecular formula is C11H10N4O2. The molecule has 1 heterocycles. The summed E-state index contributed by atoms with van der Waals surface area (Å²) in [5.74, 6) is 0.568. The van der Waals surface area contributed by atoms with Crippen molar-refractivity contribution in [1.29, 1.82) is 0 Å². The zero-order chi connectivity index (χ0) is 12.1. The van der Waals surface area contributed by atoms with Gasteiger partial charge in [0.2, 0.25) is 0 Å². The van der Waals surface area contributed by atoms with Gasteiger partial charge in [0.05, 0.1) is 6.21 Å². The lowest BCUT2D eigenvalue weighted by atomic mass is 10.2. The summed E-state index contributed by atoms with van der Waals surface area (Å²) >= 11 is 0. The van der Waals surface area contributed by atoms with E-state index in [0.29, 0.717) is 11.4 Å². The lowest BCUT2D eigenvalue weighted by Gasteiger charge is -1.99. The van der Waals surface area contributed by atoms with Gasteiger partial charge in [-0.2, -0.15) is 5.10 Å². The van der Waals surface area contributed by atoms with E-state index in [1.54, 1.807) is 30.3 Å². The number of nitrogens with one attached hydrogen (secondary N) is 2. The van der Waals surface area contributed by atoms with Crippen molar-refractivity contribution in [2.24, 2.45) is 5.10 Å². The first-order chi connectivity index (χ1) is 8.25. The van der Waals surface area contributed by atoms with E-state index in [2.05, 4.69) is 20.5 Å². The SMILES string of the molecule is O=c1nccc(N/N=C\c2ccccc2O)[nH]1. The van der Waals surface area contributed by atoms with Crippen molar-refractivity contribution in [2.75, 3.05) is 5.43 Å². The molecule has 0 spiro atoms. The quantitative estimate of drug-likeness (QED) is 0.540. The van der Waals surface area contributed by atoms with Gasteiger partial charge in [0.1, 0.15) is 11.6 Å². The molecule has 17 heavy (non-hydrogen) atoms. The zero-order valence-electron chi connectivity index (χ0n) is 8.79. The van der Waals surface area contributed by atoms with Crippen molar-refractivity contribution in [3.8, 4) is 5.75 Å². The van der Waals surface area contributed by atoms with E-state index >= 15 is 0 Å². The van der Waals surface area contributed by atoms with Gasteiger partial charge in [-0.05, 0) is 18.2 Å². The van der Waals surface area contributed by atoms with Gasteiger partial charge in [-0.15, -0.1) is 0 Å². The van der Waals surface area contributed by atoms with E-state index < -0.39 is 5.69 Å². The summed E-state index contributed by atoms with van der Waals surface area (Å²) in [4.78, 5) is 16.8. The van der Waals surface area contributed by atoms with Crippen LogP contribution in [0.4, 0.5) is 5.82 Å². The van der Waals surface area contributed by atoms with Crippen molar-refractivity contribution >= 4 is 12.0 Å². The van der Waals surface area contributed by atoms with Crippen LogP contribution in [0.15, 0.2) is 46.4 Å². The largest absolute Gasteiger partial charge is 0.507 e. The molecule has 0 aliphatic carbocycles. The topological polar surface area (TPSA) is 90.4 Å². The third kappa shape index (κ3) is 2.91. The molecule has 0 radical (unpaired) electrons. The highest BCUT2D eigenvalue weighted by Gasteiger charge is 1.94. The van der Waals surface area contributed by atoms with E-state index in [0.717, 1.165) is 0 Å². The molecule has 0 fully saturated rings. The van der Waals surface area contributed by atoms with Crippen molar-refractivity contribution in [2.45, 2.75) is 0 Å². The Balaban J connectivity index is 2.08. The molecule has 6 nitrogen and oxygen atoms in total. The van der Waals surface area contributed by atoms with Gasteiger partial charge < -0.3 is 5.11 Å². The Bertz CT molecular complexity index is 592. The van der Waals surface area contributed by atoms with Crippen LogP contribution in [0.5, 0.6) is 5.75 Å². The second-order valence-electron chi connectivity index (χ2n) is 3.22. The normalized spacial score (nSPS) is 10.6. The molecule has 0 saturated heterocycles. The number of para-hydroxylation sites is 1. The number of H-pyrrole nitrogens is 1. The van der Waals surface area contributed by atoms with E-state index in [4.69, 9.17) is 0 Å². The average Bonchev–Trinajstić information content (AvgIpc) is 2.32. The Labute approximate surface area is 96.7 Å². The van der Waals surface area contributed by atoms with E-state index in [-0.39, 0.29) is 5.75 Å². The molecule has 3 N–H and O–H groups in total. The van der Waals surface area contributed by atoms with E-state index in [1.807, 2.05) is 0 Å². The first-order valence-electron chi connectivity index (χ1n) is 4.88. The lowest BCUT2D eigenvalue weighted by molar-refractivity contribution is 0.474. The van der Waals surface area contributed by atoms with Crippen LogP contribution in [-0.4, -0.2) is 21.3 Å². The van der Waals surface area contributed by atoms with Crippen LogP contribution in [0.1, 0.15) is 5.56 Å². The fourth-order valence-corrected chi connectivity index (χ4v) is 1.20. The Morgan fingerprint density at radius 3 is 2.94 bits per heavy atom. The molecule has 0 aliphatic heterocycles. The molecule has 0 amide bonds. The third-order valence-electron chi connectivity index (χ3n) is 2.00. The molecule has 0 saturated carbocycles. The van der Waals surface area contributed by atoms with Crippen molar-refractivity contribution < 1.29 is 5.11 Å². The minimum atomic E-state index is -0.451.